The minimum absolute atomic E-state index is 0.175. The molecule has 0 fully saturated rings. The van der Waals surface area contributed by atoms with Crippen LogP contribution in [0.1, 0.15) is 41.3 Å². The lowest BCUT2D eigenvalue weighted by atomic mass is 10.0. The molecule has 0 N–H and O–H groups in total. The van der Waals surface area contributed by atoms with E-state index in [0.717, 1.165) is 15.9 Å². The van der Waals surface area contributed by atoms with Gasteiger partial charge in [0.25, 0.3) is 5.91 Å². The summed E-state index contributed by atoms with van der Waals surface area (Å²) in [5.74, 6) is 0.236. The van der Waals surface area contributed by atoms with Crippen molar-refractivity contribution in [1.82, 2.24) is 4.98 Å². The number of para-hydroxylation sites is 1. The Bertz CT molecular complexity index is 1170. The highest BCUT2D eigenvalue weighted by Crippen LogP contribution is 2.35. The molecule has 0 aliphatic heterocycles. The fourth-order valence-electron chi connectivity index (χ4n) is 3.09. The van der Waals surface area contributed by atoms with E-state index in [1.165, 1.54) is 16.9 Å². The van der Waals surface area contributed by atoms with Gasteiger partial charge in [0.05, 0.1) is 27.5 Å². The third-order valence-electron chi connectivity index (χ3n) is 4.76. The van der Waals surface area contributed by atoms with E-state index in [2.05, 4.69) is 19.9 Å². The maximum Gasteiger partial charge on any atom is 0.264 e. The van der Waals surface area contributed by atoms with E-state index >= 15 is 0 Å². The number of hydrogen-bond donors (Lipinski definition) is 0. The van der Waals surface area contributed by atoms with Crippen molar-refractivity contribution in [2.24, 2.45) is 0 Å². The normalized spacial score (nSPS) is 10.8. The zero-order valence-electron chi connectivity index (χ0n) is 16.2. The number of nitrogens with zero attached hydrogens (tertiary/aromatic N) is 3. The lowest BCUT2D eigenvalue weighted by Gasteiger charge is -2.21. The third-order valence-corrected chi connectivity index (χ3v) is 5.78. The smallest absolute Gasteiger partial charge is 0.264 e. The zero-order chi connectivity index (χ0) is 20.4. The van der Waals surface area contributed by atoms with Gasteiger partial charge in [-0.25, -0.2) is 4.98 Å². The Labute approximate surface area is 173 Å². The standard InChI is InChI=1S/C24H19N3OS/c1-16(2)18-11-13-20(14-12-18)27(23(28)19-9-7-17(15-25)8-10-19)24-26-21-5-3-4-6-22(21)29-24/h3-14,16H,1-2H3. The minimum Gasteiger partial charge on any atom is -0.268 e. The first-order chi connectivity index (χ1) is 14.1. The summed E-state index contributed by atoms with van der Waals surface area (Å²) in [6.45, 7) is 4.28. The molecule has 0 aliphatic rings. The van der Waals surface area contributed by atoms with E-state index in [9.17, 15) is 4.79 Å². The van der Waals surface area contributed by atoms with Crippen LogP contribution in [-0.4, -0.2) is 10.9 Å². The van der Waals surface area contributed by atoms with E-state index in [4.69, 9.17) is 10.2 Å². The van der Waals surface area contributed by atoms with Crippen LogP contribution in [0.5, 0.6) is 0 Å². The van der Waals surface area contributed by atoms with E-state index < -0.39 is 0 Å². The fourth-order valence-corrected chi connectivity index (χ4v) is 4.08. The molecule has 1 aromatic heterocycles. The quantitative estimate of drug-likeness (QED) is 0.408. The van der Waals surface area contributed by atoms with Crippen molar-refractivity contribution in [2.75, 3.05) is 4.90 Å². The number of carbonyl (C=O) groups is 1. The number of benzene rings is 3. The number of hydrogen-bond acceptors (Lipinski definition) is 4. The molecule has 142 valence electrons. The summed E-state index contributed by atoms with van der Waals surface area (Å²) < 4.78 is 1.03. The van der Waals surface area contributed by atoms with Crippen molar-refractivity contribution < 1.29 is 4.79 Å². The number of thiazole rings is 1. The first-order valence-electron chi connectivity index (χ1n) is 9.37. The van der Waals surface area contributed by atoms with Gasteiger partial charge in [-0.05, 0) is 60.0 Å². The average Bonchev–Trinajstić information content (AvgIpc) is 3.18. The van der Waals surface area contributed by atoms with Crippen LogP contribution in [-0.2, 0) is 0 Å². The van der Waals surface area contributed by atoms with Gasteiger partial charge in [0, 0.05) is 5.56 Å². The Hall–Kier alpha value is -3.49. The number of rotatable bonds is 4. The van der Waals surface area contributed by atoms with Crippen molar-refractivity contribution in [3.8, 4) is 6.07 Å². The number of amides is 1. The van der Waals surface area contributed by atoms with Gasteiger partial charge in [-0.15, -0.1) is 0 Å². The Balaban J connectivity index is 1.81. The second kappa shape index (κ2) is 7.86. The molecule has 4 aromatic rings. The van der Waals surface area contributed by atoms with Crippen LogP contribution in [0.25, 0.3) is 10.2 Å². The van der Waals surface area contributed by atoms with Crippen molar-refractivity contribution in [3.05, 3.63) is 89.5 Å². The summed E-state index contributed by atoms with van der Waals surface area (Å²) in [6, 6.07) is 24.6. The molecule has 1 heterocycles. The highest BCUT2D eigenvalue weighted by molar-refractivity contribution is 7.22. The Morgan fingerprint density at radius 3 is 2.31 bits per heavy atom. The fraction of sp³-hybridized carbons (Fsp3) is 0.125. The Kier molecular flexibility index (Phi) is 5.11. The second-order valence-corrected chi connectivity index (χ2v) is 8.05. The van der Waals surface area contributed by atoms with E-state index in [-0.39, 0.29) is 5.91 Å². The molecule has 3 aromatic carbocycles. The van der Waals surface area contributed by atoms with Crippen molar-refractivity contribution >= 4 is 38.3 Å². The van der Waals surface area contributed by atoms with Crippen LogP contribution >= 0.6 is 11.3 Å². The van der Waals surface area contributed by atoms with Gasteiger partial charge in [-0.2, -0.15) is 5.26 Å². The van der Waals surface area contributed by atoms with Gasteiger partial charge < -0.3 is 0 Å². The number of fused-ring (bicyclic) bond motifs is 1. The Morgan fingerprint density at radius 1 is 1.00 bits per heavy atom. The SMILES string of the molecule is CC(C)c1ccc(N(C(=O)c2ccc(C#N)cc2)c2nc3ccccc3s2)cc1. The van der Waals surface area contributed by atoms with Crippen LogP contribution in [0.2, 0.25) is 0 Å². The molecule has 0 unspecified atom stereocenters. The number of nitriles is 1. The van der Waals surface area contributed by atoms with E-state index in [0.29, 0.717) is 22.2 Å². The number of carbonyl (C=O) groups excluding carboxylic acids is 1. The maximum absolute atomic E-state index is 13.5. The highest BCUT2D eigenvalue weighted by atomic mass is 32.1. The first-order valence-corrected chi connectivity index (χ1v) is 10.2. The molecule has 29 heavy (non-hydrogen) atoms. The molecular formula is C24H19N3OS. The zero-order valence-corrected chi connectivity index (χ0v) is 17.0. The Morgan fingerprint density at radius 2 is 1.69 bits per heavy atom. The summed E-state index contributed by atoms with van der Waals surface area (Å²) in [5.41, 5.74) is 3.88. The van der Waals surface area contributed by atoms with Gasteiger partial charge >= 0.3 is 0 Å². The van der Waals surface area contributed by atoms with Gasteiger partial charge in [0.15, 0.2) is 5.13 Å². The predicted molar refractivity (Wildman–Crippen MR) is 118 cm³/mol. The van der Waals surface area contributed by atoms with Crippen LogP contribution in [0.4, 0.5) is 10.8 Å². The molecule has 0 radical (unpaired) electrons. The van der Waals surface area contributed by atoms with Gasteiger partial charge in [-0.1, -0.05) is 49.4 Å². The largest absolute Gasteiger partial charge is 0.268 e. The molecule has 1 amide bonds. The highest BCUT2D eigenvalue weighted by Gasteiger charge is 2.23. The van der Waals surface area contributed by atoms with Gasteiger partial charge in [0.2, 0.25) is 0 Å². The summed E-state index contributed by atoms with van der Waals surface area (Å²) >= 11 is 1.48. The van der Waals surface area contributed by atoms with E-state index in [1.807, 2.05) is 48.5 Å². The third kappa shape index (κ3) is 3.75. The molecule has 0 aliphatic carbocycles. The molecule has 0 atom stereocenters. The summed E-state index contributed by atoms with van der Waals surface area (Å²) in [4.78, 5) is 19.8. The van der Waals surface area contributed by atoms with E-state index in [1.54, 1.807) is 29.2 Å². The van der Waals surface area contributed by atoms with Crippen LogP contribution < -0.4 is 4.90 Å². The van der Waals surface area contributed by atoms with Crippen molar-refractivity contribution in [2.45, 2.75) is 19.8 Å². The van der Waals surface area contributed by atoms with Gasteiger partial charge in [0.1, 0.15) is 0 Å². The van der Waals surface area contributed by atoms with Crippen LogP contribution in [0.15, 0.2) is 72.8 Å². The molecule has 0 spiro atoms. The minimum atomic E-state index is -0.175. The second-order valence-electron chi connectivity index (χ2n) is 7.04. The molecule has 0 saturated carbocycles. The topological polar surface area (TPSA) is 57.0 Å². The molecular weight excluding hydrogens is 378 g/mol. The summed E-state index contributed by atoms with van der Waals surface area (Å²) in [5, 5.41) is 9.65. The summed E-state index contributed by atoms with van der Waals surface area (Å²) in [7, 11) is 0. The van der Waals surface area contributed by atoms with Gasteiger partial charge in [-0.3, -0.25) is 9.69 Å². The molecule has 0 saturated heterocycles. The maximum atomic E-state index is 13.5. The van der Waals surface area contributed by atoms with Crippen molar-refractivity contribution in [1.29, 1.82) is 5.26 Å². The first kappa shape index (κ1) is 18.9. The predicted octanol–water partition coefficient (Wildman–Crippen LogP) is 6.27. The number of aromatic nitrogens is 1. The lowest BCUT2D eigenvalue weighted by molar-refractivity contribution is 0.0999. The number of anilines is 2. The van der Waals surface area contributed by atoms with Crippen LogP contribution in [0, 0.1) is 11.3 Å². The summed E-state index contributed by atoms with van der Waals surface area (Å²) in [6.07, 6.45) is 0. The van der Waals surface area contributed by atoms with Crippen LogP contribution in [0.3, 0.4) is 0 Å². The van der Waals surface area contributed by atoms with Crippen molar-refractivity contribution in [3.63, 3.8) is 0 Å². The molecule has 0 bridgehead atoms. The monoisotopic (exact) mass is 397 g/mol. The molecule has 4 nitrogen and oxygen atoms in total. The lowest BCUT2D eigenvalue weighted by Crippen LogP contribution is -2.25. The molecule has 4 rings (SSSR count). The average molecular weight is 398 g/mol. The molecule has 5 heteroatoms.